The van der Waals surface area contributed by atoms with Gasteiger partial charge < -0.3 is 15.5 Å². The Labute approximate surface area is 123 Å². The van der Waals surface area contributed by atoms with E-state index in [1.165, 1.54) is 32.4 Å². The van der Waals surface area contributed by atoms with E-state index in [1.54, 1.807) is 0 Å². The highest BCUT2D eigenvalue weighted by Crippen LogP contribution is 2.16. The van der Waals surface area contributed by atoms with Crippen LogP contribution in [0.2, 0.25) is 0 Å². The van der Waals surface area contributed by atoms with Crippen molar-refractivity contribution in [1.82, 2.24) is 15.0 Å². The van der Waals surface area contributed by atoms with Gasteiger partial charge in [0, 0.05) is 19.9 Å². The number of methoxy groups -OCH3 is 1. The molecule has 0 fully saturated rings. The lowest BCUT2D eigenvalue weighted by Crippen LogP contribution is -2.45. The van der Waals surface area contributed by atoms with Gasteiger partial charge in [0.2, 0.25) is 5.91 Å². The highest BCUT2D eigenvalue weighted by Gasteiger charge is 2.25. The molecule has 9 nitrogen and oxygen atoms in total. The summed E-state index contributed by atoms with van der Waals surface area (Å²) >= 11 is 0. The third-order valence-electron chi connectivity index (χ3n) is 2.51. The number of anilines is 1. The van der Waals surface area contributed by atoms with E-state index in [9.17, 15) is 13.2 Å². The van der Waals surface area contributed by atoms with Crippen LogP contribution in [-0.4, -0.2) is 45.6 Å². The summed E-state index contributed by atoms with van der Waals surface area (Å²) in [5.74, 6) is 4.78. The maximum atomic E-state index is 12.2. The van der Waals surface area contributed by atoms with E-state index in [2.05, 4.69) is 20.4 Å². The summed E-state index contributed by atoms with van der Waals surface area (Å²) in [4.78, 5) is 15.5. The van der Waals surface area contributed by atoms with E-state index in [4.69, 9.17) is 10.6 Å². The lowest BCUT2D eigenvalue weighted by Gasteiger charge is -2.15. The first-order chi connectivity index (χ1) is 9.92. The number of pyridine rings is 1. The monoisotopic (exact) mass is 317 g/mol. The van der Waals surface area contributed by atoms with Gasteiger partial charge in [0.25, 0.3) is 10.0 Å². The van der Waals surface area contributed by atoms with Gasteiger partial charge in [-0.2, -0.15) is 4.72 Å². The van der Waals surface area contributed by atoms with Gasteiger partial charge in [-0.15, -0.1) is 0 Å². The number of carbonyl (C=O) groups excluding carboxylic acids is 1. The summed E-state index contributed by atoms with van der Waals surface area (Å²) in [6, 6.07) is 2.04. The fourth-order valence-corrected chi connectivity index (χ4v) is 2.79. The van der Waals surface area contributed by atoms with Gasteiger partial charge in [-0.05, 0) is 19.1 Å². The lowest BCUT2D eigenvalue weighted by molar-refractivity contribution is -0.122. The molecule has 1 rings (SSSR count). The number of carbonyl (C=O) groups is 1. The normalized spacial score (nSPS) is 12.7. The number of hydrazine groups is 1. The standard InChI is InChI=1S/C11H19N5O4S/c1-8(10(17)13-6-7-20-2)16-21(18,19)11-9(15-12)4-3-5-14-11/h3-5,8,15-16H,6-7,12H2,1-2H3,(H,13,17). The first kappa shape index (κ1) is 17.3. The molecule has 1 aromatic heterocycles. The number of nitrogens with two attached hydrogens (primary N) is 1. The molecule has 21 heavy (non-hydrogen) atoms. The molecule has 0 radical (unpaired) electrons. The molecule has 1 atom stereocenters. The van der Waals surface area contributed by atoms with Gasteiger partial charge in [-0.3, -0.25) is 10.6 Å². The van der Waals surface area contributed by atoms with Crippen molar-refractivity contribution in [3.8, 4) is 0 Å². The zero-order valence-corrected chi connectivity index (χ0v) is 12.6. The minimum atomic E-state index is -3.97. The van der Waals surface area contributed by atoms with E-state index >= 15 is 0 Å². The van der Waals surface area contributed by atoms with Crippen molar-refractivity contribution in [2.45, 2.75) is 18.0 Å². The quantitative estimate of drug-likeness (QED) is 0.268. The molecule has 0 aliphatic carbocycles. The van der Waals surface area contributed by atoms with Gasteiger partial charge >= 0.3 is 0 Å². The molecular weight excluding hydrogens is 298 g/mol. The van der Waals surface area contributed by atoms with Crippen LogP contribution in [0.4, 0.5) is 5.69 Å². The van der Waals surface area contributed by atoms with Crippen LogP contribution in [0, 0.1) is 0 Å². The highest BCUT2D eigenvalue weighted by molar-refractivity contribution is 7.89. The Morgan fingerprint density at radius 2 is 2.24 bits per heavy atom. The first-order valence-corrected chi connectivity index (χ1v) is 7.61. The van der Waals surface area contributed by atoms with Crippen LogP contribution in [0.25, 0.3) is 0 Å². The molecule has 0 saturated heterocycles. The molecule has 118 valence electrons. The van der Waals surface area contributed by atoms with Crippen molar-refractivity contribution >= 4 is 21.6 Å². The predicted octanol–water partition coefficient (Wildman–Crippen LogP) is -1.20. The van der Waals surface area contributed by atoms with Crippen molar-refractivity contribution in [3.63, 3.8) is 0 Å². The Morgan fingerprint density at radius 3 is 2.86 bits per heavy atom. The average molecular weight is 317 g/mol. The minimum Gasteiger partial charge on any atom is -0.383 e. The van der Waals surface area contributed by atoms with Crippen LogP contribution in [0.1, 0.15) is 6.92 Å². The molecule has 0 bridgehead atoms. The van der Waals surface area contributed by atoms with Crippen molar-refractivity contribution in [3.05, 3.63) is 18.3 Å². The Morgan fingerprint density at radius 1 is 1.52 bits per heavy atom. The molecule has 5 N–H and O–H groups in total. The second kappa shape index (κ2) is 7.88. The van der Waals surface area contributed by atoms with Crippen LogP contribution in [0.15, 0.2) is 23.4 Å². The van der Waals surface area contributed by atoms with Gasteiger partial charge in [-0.25, -0.2) is 13.4 Å². The van der Waals surface area contributed by atoms with Crippen molar-refractivity contribution in [2.24, 2.45) is 5.84 Å². The minimum absolute atomic E-state index is 0.136. The largest absolute Gasteiger partial charge is 0.383 e. The topological polar surface area (TPSA) is 135 Å². The second-order valence-corrected chi connectivity index (χ2v) is 5.76. The van der Waals surface area contributed by atoms with Gasteiger partial charge in [0.15, 0.2) is 5.03 Å². The van der Waals surface area contributed by atoms with E-state index in [-0.39, 0.29) is 10.7 Å². The number of amides is 1. The third kappa shape index (κ3) is 4.93. The van der Waals surface area contributed by atoms with Crippen LogP contribution >= 0.6 is 0 Å². The van der Waals surface area contributed by atoms with Crippen LogP contribution < -0.4 is 21.3 Å². The molecule has 10 heteroatoms. The number of nitrogens with one attached hydrogen (secondary N) is 3. The van der Waals surface area contributed by atoms with E-state index in [1.807, 2.05) is 0 Å². The summed E-state index contributed by atoms with van der Waals surface area (Å²) in [5, 5.41) is 2.26. The Bertz CT molecular complexity index is 578. The van der Waals surface area contributed by atoms with E-state index < -0.39 is 22.0 Å². The highest BCUT2D eigenvalue weighted by atomic mass is 32.2. The van der Waals surface area contributed by atoms with Crippen LogP contribution in [0.3, 0.4) is 0 Å². The number of hydrogen-bond acceptors (Lipinski definition) is 7. The number of rotatable bonds is 8. The molecule has 1 heterocycles. The average Bonchev–Trinajstić information content (AvgIpc) is 2.46. The van der Waals surface area contributed by atoms with Crippen molar-refractivity contribution < 1.29 is 17.9 Å². The second-order valence-electron chi connectivity index (χ2n) is 4.13. The number of sulfonamides is 1. The Kier molecular flexibility index (Phi) is 6.49. The number of aromatic nitrogens is 1. The van der Waals surface area contributed by atoms with Crippen molar-refractivity contribution in [2.75, 3.05) is 25.7 Å². The lowest BCUT2D eigenvalue weighted by atomic mass is 10.3. The molecule has 0 aliphatic heterocycles. The molecule has 0 spiro atoms. The molecule has 1 aromatic rings. The number of nitrogen functional groups attached to an aromatic ring is 1. The zero-order chi connectivity index (χ0) is 15.9. The smallest absolute Gasteiger partial charge is 0.260 e. The third-order valence-corrected chi connectivity index (χ3v) is 4.01. The molecule has 0 aromatic carbocycles. The van der Waals surface area contributed by atoms with Gasteiger partial charge in [0.05, 0.1) is 18.3 Å². The summed E-state index contributed by atoms with van der Waals surface area (Å²) in [7, 11) is -2.47. The first-order valence-electron chi connectivity index (χ1n) is 6.13. The van der Waals surface area contributed by atoms with Crippen LogP contribution in [0.5, 0.6) is 0 Å². The number of hydrogen-bond donors (Lipinski definition) is 4. The number of nitrogens with zero attached hydrogens (tertiary/aromatic N) is 1. The van der Waals surface area contributed by atoms with Gasteiger partial charge in [-0.1, -0.05) is 0 Å². The molecular formula is C11H19N5O4S. The maximum Gasteiger partial charge on any atom is 0.260 e. The van der Waals surface area contributed by atoms with E-state index in [0.717, 1.165) is 0 Å². The molecule has 0 aliphatic rings. The SMILES string of the molecule is COCCNC(=O)C(C)NS(=O)(=O)c1ncccc1NN. The zero-order valence-electron chi connectivity index (χ0n) is 11.8. The molecule has 0 saturated carbocycles. The summed E-state index contributed by atoms with van der Waals surface area (Å²) in [6.07, 6.45) is 1.32. The number of ether oxygens (including phenoxy) is 1. The maximum absolute atomic E-state index is 12.2. The van der Waals surface area contributed by atoms with Crippen molar-refractivity contribution in [1.29, 1.82) is 0 Å². The molecule has 1 amide bonds. The molecule has 1 unspecified atom stereocenters. The summed E-state index contributed by atoms with van der Waals surface area (Å²) in [6.45, 7) is 2.06. The van der Waals surface area contributed by atoms with Gasteiger partial charge in [0.1, 0.15) is 0 Å². The Hall–Kier alpha value is -1.75. The van der Waals surface area contributed by atoms with E-state index in [0.29, 0.717) is 13.2 Å². The fourth-order valence-electron chi connectivity index (χ4n) is 1.49. The fraction of sp³-hybridized carbons (Fsp3) is 0.455. The van der Waals surface area contributed by atoms with Crippen LogP contribution in [-0.2, 0) is 19.6 Å². The Balaban J connectivity index is 2.78. The predicted molar refractivity (Wildman–Crippen MR) is 76.7 cm³/mol. The summed E-state index contributed by atoms with van der Waals surface area (Å²) in [5.41, 5.74) is 2.38. The summed E-state index contributed by atoms with van der Waals surface area (Å²) < 4.78 is 31.4.